The number of amides is 2. The average Bonchev–Trinajstić information content (AvgIpc) is 2.85. The van der Waals surface area contributed by atoms with Gasteiger partial charge < -0.3 is 25.1 Å². The van der Waals surface area contributed by atoms with Crippen LogP contribution in [0.3, 0.4) is 0 Å². The third-order valence-corrected chi connectivity index (χ3v) is 7.16. The van der Waals surface area contributed by atoms with Crippen molar-refractivity contribution in [1.82, 2.24) is 9.88 Å². The molecule has 3 heterocycles. The van der Waals surface area contributed by atoms with Crippen molar-refractivity contribution in [3.8, 4) is 6.07 Å². The van der Waals surface area contributed by atoms with Crippen LogP contribution in [-0.2, 0) is 0 Å². The fraction of sp³-hybridized carbons (Fsp3) is 0.480. The van der Waals surface area contributed by atoms with Crippen molar-refractivity contribution in [2.24, 2.45) is 5.92 Å². The highest BCUT2D eigenvalue weighted by Gasteiger charge is 2.32. The minimum Gasteiger partial charge on any atom is -0.396 e. The SMILES string of the molecule is CC1CN(c2ccc(C#N)c(Cl)c2)C(C)CN1C(=O)Nc1ccc(N2CCC(CO)CC2)nc1. The molecule has 2 aliphatic heterocycles. The fourth-order valence-corrected chi connectivity index (χ4v) is 4.95. The Morgan fingerprint density at radius 3 is 2.59 bits per heavy atom. The minimum atomic E-state index is -0.143. The number of hydrogen-bond donors (Lipinski definition) is 2. The Morgan fingerprint density at radius 2 is 1.97 bits per heavy atom. The second kappa shape index (κ2) is 10.5. The van der Waals surface area contributed by atoms with E-state index in [-0.39, 0.29) is 24.7 Å². The molecule has 0 saturated carbocycles. The molecule has 4 rings (SSSR count). The van der Waals surface area contributed by atoms with Gasteiger partial charge in [0.15, 0.2) is 0 Å². The van der Waals surface area contributed by atoms with Crippen molar-refractivity contribution in [1.29, 1.82) is 5.26 Å². The monoisotopic (exact) mass is 482 g/mol. The number of benzene rings is 1. The lowest BCUT2D eigenvalue weighted by atomic mass is 9.98. The second-order valence-corrected chi connectivity index (χ2v) is 9.63. The van der Waals surface area contributed by atoms with Crippen LogP contribution < -0.4 is 15.1 Å². The molecule has 2 fully saturated rings. The van der Waals surface area contributed by atoms with Crippen LogP contribution in [0.2, 0.25) is 5.02 Å². The number of urea groups is 1. The highest BCUT2D eigenvalue weighted by Crippen LogP contribution is 2.28. The van der Waals surface area contributed by atoms with Crippen LogP contribution in [-0.4, -0.2) is 65.9 Å². The van der Waals surface area contributed by atoms with Crippen molar-refractivity contribution in [3.63, 3.8) is 0 Å². The third kappa shape index (κ3) is 5.21. The Morgan fingerprint density at radius 1 is 1.21 bits per heavy atom. The molecule has 8 nitrogen and oxygen atoms in total. The number of nitrogens with zero attached hydrogens (tertiary/aromatic N) is 5. The zero-order chi connectivity index (χ0) is 24.2. The maximum atomic E-state index is 13.0. The second-order valence-electron chi connectivity index (χ2n) is 9.23. The molecular formula is C25H31ClN6O2. The summed E-state index contributed by atoms with van der Waals surface area (Å²) in [6.45, 7) is 7.35. The molecule has 2 saturated heterocycles. The van der Waals surface area contributed by atoms with E-state index >= 15 is 0 Å². The van der Waals surface area contributed by atoms with Gasteiger partial charge >= 0.3 is 6.03 Å². The maximum absolute atomic E-state index is 13.0. The van der Waals surface area contributed by atoms with E-state index < -0.39 is 0 Å². The normalized spacial score (nSPS) is 21.3. The van der Waals surface area contributed by atoms with E-state index in [4.69, 9.17) is 16.9 Å². The maximum Gasteiger partial charge on any atom is 0.322 e. The number of carbonyl (C=O) groups is 1. The van der Waals surface area contributed by atoms with Crippen molar-refractivity contribution >= 4 is 34.8 Å². The van der Waals surface area contributed by atoms with Gasteiger partial charge in [0.2, 0.25) is 0 Å². The lowest BCUT2D eigenvalue weighted by Gasteiger charge is -2.45. The smallest absolute Gasteiger partial charge is 0.322 e. The van der Waals surface area contributed by atoms with Crippen LogP contribution in [0.4, 0.5) is 22.0 Å². The summed E-state index contributed by atoms with van der Waals surface area (Å²) in [5.41, 5.74) is 2.07. The summed E-state index contributed by atoms with van der Waals surface area (Å²) < 4.78 is 0. The quantitative estimate of drug-likeness (QED) is 0.685. The summed E-state index contributed by atoms with van der Waals surface area (Å²) in [5, 5.41) is 21.9. The number of aliphatic hydroxyl groups is 1. The van der Waals surface area contributed by atoms with Crippen LogP contribution in [0.5, 0.6) is 0 Å². The fourth-order valence-electron chi connectivity index (χ4n) is 4.73. The lowest BCUT2D eigenvalue weighted by Crippen LogP contribution is -2.59. The zero-order valence-corrected chi connectivity index (χ0v) is 20.4. The molecule has 9 heteroatoms. The molecule has 0 aliphatic carbocycles. The van der Waals surface area contributed by atoms with Gasteiger partial charge in [-0.25, -0.2) is 9.78 Å². The van der Waals surface area contributed by atoms with Gasteiger partial charge in [-0.3, -0.25) is 0 Å². The van der Waals surface area contributed by atoms with E-state index in [2.05, 4.69) is 33.1 Å². The molecule has 180 valence electrons. The van der Waals surface area contributed by atoms with Crippen LogP contribution in [0, 0.1) is 17.2 Å². The van der Waals surface area contributed by atoms with Gasteiger partial charge in [-0.1, -0.05) is 11.6 Å². The molecule has 2 aliphatic rings. The van der Waals surface area contributed by atoms with Crippen LogP contribution in [0.15, 0.2) is 36.5 Å². The summed E-state index contributed by atoms with van der Waals surface area (Å²) in [6, 6.07) is 11.3. The Labute approximate surface area is 205 Å². The van der Waals surface area contributed by atoms with Crippen molar-refractivity contribution < 1.29 is 9.90 Å². The van der Waals surface area contributed by atoms with Crippen molar-refractivity contribution in [2.75, 3.05) is 47.9 Å². The highest BCUT2D eigenvalue weighted by atomic mass is 35.5. The van der Waals surface area contributed by atoms with Gasteiger partial charge in [-0.05, 0) is 62.9 Å². The number of carbonyl (C=O) groups excluding carboxylic acids is 1. The third-order valence-electron chi connectivity index (χ3n) is 6.85. The van der Waals surface area contributed by atoms with Crippen LogP contribution in [0.25, 0.3) is 0 Å². The van der Waals surface area contributed by atoms with Gasteiger partial charge in [-0.2, -0.15) is 5.26 Å². The number of piperazine rings is 1. The Balaban J connectivity index is 1.36. The molecule has 34 heavy (non-hydrogen) atoms. The van der Waals surface area contributed by atoms with Gasteiger partial charge in [0, 0.05) is 50.6 Å². The molecule has 2 amide bonds. The number of nitriles is 1. The molecule has 0 spiro atoms. The molecule has 1 aromatic heterocycles. The van der Waals surface area contributed by atoms with Crippen molar-refractivity contribution in [3.05, 3.63) is 47.1 Å². The number of pyridine rings is 1. The number of halogens is 1. The topological polar surface area (TPSA) is 95.7 Å². The highest BCUT2D eigenvalue weighted by molar-refractivity contribution is 6.32. The predicted octanol–water partition coefficient (Wildman–Crippen LogP) is 3.95. The van der Waals surface area contributed by atoms with Gasteiger partial charge in [0.05, 0.1) is 22.5 Å². The molecule has 2 N–H and O–H groups in total. The van der Waals surface area contributed by atoms with Gasteiger partial charge in [-0.15, -0.1) is 0 Å². The standard InChI is InChI=1S/C25H31ClN6O2/c1-17-15-32(18(2)14-31(17)22-5-3-20(12-27)23(26)11-22)25(34)29-21-4-6-24(28-13-21)30-9-7-19(16-33)8-10-30/h3-6,11,13,17-19,33H,7-10,14-16H2,1-2H3,(H,29,34). The summed E-state index contributed by atoms with van der Waals surface area (Å²) >= 11 is 6.23. The van der Waals surface area contributed by atoms with E-state index in [9.17, 15) is 9.90 Å². The molecule has 0 bridgehead atoms. The number of aromatic nitrogens is 1. The Hall–Kier alpha value is -3.02. The molecule has 1 aromatic carbocycles. The lowest BCUT2D eigenvalue weighted by molar-refractivity contribution is 0.173. The summed E-state index contributed by atoms with van der Waals surface area (Å²) in [5.74, 6) is 1.28. The zero-order valence-electron chi connectivity index (χ0n) is 19.6. The van der Waals surface area contributed by atoms with Gasteiger partial charge in [0.25, 0.3) is 0 Å². The number of anilines is 3. The summed E-state index contributed by atoms with van der Waals surface area (Å²) in [7, 11) is 0. The van der Waals surface area contributed by atoms with Crippen LogP contribution >= 0.6 is 11.6 Å². The minimum absolute atomic E-state index is 0.00864. The summed E-state index contributed by atoms with van der Waals surface area (Å²) in [6.07, 6.45) is 3.63. The first kappa shape index (κ1) is 24.1. The first-order chi connectivity index (χ1) is 16.4. The Bertz CT molecular complexity index is 1050. The number of nitrogens with one attached hydrogen (secondary N) is 1. The van der Waals surface area contributed by atoms with Crippen LogP contribution in [0.1, 0.15) is 32.3 Å². The largest absolute Gasteiger partial charge is 0.396 e. The van der Waals surface area contributed by atoms with E-state index in [1.165, 1.54) is 0 Å². The summed E-state index contributed by atoms with van der Waals surface area (Å²) in [4.78, 5) is 23.9. The Kier molecular flexibility index (Phi) is 7.44. The predicted molar refractivity (Wildman–Crippen MR) is 134 cm³/mol. The molecule has 2 aromatic rings. The number of rotatable bonds is 4. The van der Waals surface area contributed by atoms with E-state index in [1.807, 2.05) is 36.1 Å². The van der Waals surface area contributed by atoms with E-state index in [0.29, 0.717) is 35.3 Å². The first-order valence-corrected chi connectivity index (χ1v) is 12.1. The van der Waals surface area contributed by atoms with E-state index in [1.54, 1.807) is 12.3 Å². The number of piperidine rings is 1. The molecular weight excluding hydrogens is 452 g/mol. The molecule has 2 unspecified atom stereocenters. The molecule has 0 radical (unpaired) electrons. The van der Waals surface area contributed by atoms with Crippen molar-refractivity contribution in [2.45, 2.75) is 38.8 Å². The number of aliphatic hydroxyl groups excluding tert-OH is 1. The van der Waals surface area contributed by atoms with E-state index in [0.717, 1.165) is 37.4 Å². The number of hydrogen-bond acceptors (Lipinski definition) is 6. The molecule has 2 atom stereocenters. The first-order valence-electron chi connectivity index (χ1n) is 11.8. The average molecular weight is 483 g/mol. The van der Waals surface area contributed by atoms with Gasteiger partial charge in [0.1, 0.15) is 11.9 Å².